The number of carbonyl (C=O) groups excluding carboxylic acids is 3. The molecular formula is C49H64N2O5. The average molecular weight is 761 g/mol. The van der Waals surface area contributed by atoms with Gasteiger partial charge in [-0.1, -0.05) is 177 Å². The molecule has 1 atom stereocenters. The summed E-state index contributed by atoms with van der Waals surface area (Å²) >= 11 is 0. The fraction of sp³-hybridized carbons (Fsp3) is 0.449. The predicted molar refractivity (Wildman–Crippen MR) is 227 cm³/mol. The molecule has 56 heavy (non-hydrogen) atoms. The molecule has 7 heteroatoms. The highest BCUT2D eigenvalue weighted by atomic mass is 16.5. The second-order valence-corrected chi connectivity index (χ2v) is 16.9. The van der Waals surface area contributed by atoms with Crippen molar-refractivity contribution in [2.24, 2.45) is 0 Å². The van der Waals surface area contributed by atoms with Gasteiger partial charge in [0.05, 0.1) is 25.7 Å². The van der Waals surface area contributed by atoms with E-state index in [1.165, 1.54) is 24.0 Å². The molecule has 0 heterocycles. The standard InChI is InChI=1S/C49H64N2O5/c1-48(2,3)40-33-41(49(4,5)6)35-42(34-40)55-30-22-11-9-7-8-10-12-23-31-56-47(54)43(32-37-24-16-13-17-25-37)51-44(52)36-50-46(53)45(38-26-18-14-19-27-38)39-28-20-15-21-29-39/h13-21,24-29,33-35,43,45H,7-12,22-23,30-32,36H2,1-6H3,(H,50,53)(H,51,52)/t43-/m0/s1. The number of amides is 2. The van der Waals surface area contributed by atoms with Crippen LogP contribution in [0.25, 0.3) is 0 Å². The average Bonchev–Trinajstić information content (AvgIpc) is 3.17. The molecule has 4 aromatic rings. The van der Waals surface area contributed by atoms with Crippen molar-refractivity contribution in [1.82, 2.24) is 10.6 Å². The van der Waals surface area contributed by atoms with Crippen molar-refractivity contribution < 1.29 is 23.9 Å². The fourth-order valence-corrected chi connectivity index (χ4v) is 6.62. The van der Waals surface area contributed by atoms with E-state index in [0.717, 1.165) is 67.6 Å². The number of rotatable bonds is 21. The quantitative estimate of drug-likeness (QED) is 0.0652. The summed E-state index contributed by atoms with van der Waals surface area (Å²) in [5.41, 5.74) is 5.33. The predicted octanol–water partition coefficient (Wildman–Crippen LogP) is 10.0. The summed E-state index contributed by atoms with van der Waals surface area (Å²) in [6.07, 6.45) is 8.79. The van der Waals surface area contributed by atoms with E-state index >= 15 is 0 Å². The van der Waals surface area contributed by atoms with E-state index in [-0.39, 0.29) is 23.3 Å². The van der Waals surface area contributed by atoms with Crippen LogP contribution in [0.3, 0.4) is 0 Å². The third kappa shape index (κ3) is 15.0. The first-order chi connectivity index (χ1) is 26.8. The van der Waals surface area contributed by atoms with E-state index in [1.54, 1.807) is 0 Å². The fourth-order valence-electron chi connectivity index (χ4n) is 6.62. The molecule has 0 bridgehead atoms. The highest BCUT2D eigenvalue weighted by Gasteiger charge is 2.26. The molecule has 0 fully saturated rings. The Labute approximate surface area is 336 Å². The van der Waals surface area contributed by atoms with Crippen LogP contribution in [-0.2, 0) is 36.4 Å². The molecule has 0 saturated carbocycles. The zero-order valence-corrected chi connectivity index (χ0v) is 34.6. The van der Waals surface area contributed by atoms with E-state index < -0.39 is 23.8 Å². The number of carbonyl (C=O) groups is 3. The third-order valence-corrected chi connectivity index (χ3v) is 10.0. The minimum Gasteiger partial charge on any atom is -0.494 e. The summed E-state index contributed by atoms with van der Waals surface area (Å²) in [6, 6.07) is 34.3. The molecule has 0 aliphatic heterocycles. The van der Waals surface area contributed by atoms with Gasteiger partial charge in [0.2, 0.25) is 11.8 Å². The van der Waals surface area contributed by atoms with Crippen LogP contribution in [-0.4, -0.2) is 43.6 Å². The molecule has 0 radical (unpaired) electrons. The molecule has 0 saturated heterocycles. The second kappa shape index (κ2) is 22.0. The number of unbranched alkanes of at least 4 members (excludes halogenated alkanes) is 7. The van der Waals surface area contributed by atoms with Gasteiger partial charge in [-0.15, -0.1) is 0 Å². The van der Waals surface area contributed by atoms with Gasteiger partial charge in [0.25, 0.3) is 0 Å². The second-order valence-electron chi connectivity index (χ2n) is 16.9. The Kier molecular flexibility index (Phi) is 17.2. The summed E-state index contributed by atoms with van der Waals surface area (Å²) in [6.45, 7) is 14.3. The van der Waals surface area contributed by atoms with E-state index in [1.807, 2.05) is 91.0 Å². The largest absolute Gasteiger partial charge is 0.494 e. The van der Waals surface area contributed by atoms with E-state index in [4.69, 9.17) is 9.47 Å². The smallest absolute Gasteiger partial charge is 0.328 e. The Morgan fingerprint density at radius 3 is 1.55 bits per heavy atom. The third-order valence-electron chi connectivity index (χ3n) is 10.0. The lowest BCUT2D eigenvalue weighted by Crippen LogP contribution is -2.47. The first-order valence-corrected chi connectivity index (χ1v) is 20.5. The lowest BCUT2D eigenvalue weighted by Gasteiger charge is -2.26. The summed E-state index contributed by atoms with van der Waals surface area (Å²) < 4.78 is 11.9. The first-order valence-electron chi connectivity index (χ1n) is 20.5. The van der Waals surface area contributed by atoms with Gasteiger partial charge in [0.15, 0.2) is 0 Å². The Bertz CT molecular complexity index is 1710. The molecular weight excluding hydrogens is 697 g/mol. The zero-order valence-electron chi connectivity index (χ0n) is 34.6. The first kappa shape index (κ1) is 43.8. The number of hydrogen-bond donors (Lipinski definition) is 2. The molecule has 300 valence electrons. The van der Waals surface area contributed by atoms with Gasteiger partial charge in [-0.2, -0.15) is 0 Å². The molecule has 2 N–H and O–H groups in total. The van der Waals surface area contributed by atoms with Crippen molar-refractivity contribution >= 4 is 17.8 Å². The Morgan fingerprint density at radius 2 is 1.05 bits per heavy atom. The molecule has 4 rings (SSSR count). The van der Waals surface area contributed by atoms with Crippen LogP contribution in [0, 0.1) is 0 Å². The van der Waals surface area contributed by atoms with Crippen LogP contribution in [0.2, 0.25) is 0 Å². The van der Waals surface area contributed by atoms with E-state index in [2.05, 4.69) is 70.4 Å². The molecule has 2 amide bonds. The van der Waals surface area contributed by atoms with Gasteiger partial charge in [-0.3, -0.25) is 9.59 Å². The topological polar surface area (TPSA) is 93.7 Å². The van der Waals surface area contributed by atoms with Gasteiger partial charge in [0, 0.05) is 6.42 Å². The SMILES string of the molecule is CC(C)(C)c1cc(OCCCCCCCCCCOC(=O)[C@H](Cc2ccccc2)NC(=O)CNC(=O)C(c2ccccc2)c2ccccc2)cc(C(C)(C)C)c1. The van der Waals surface area contributed by atoms with Gasteiger partial charge in [-0.05, 0) is 63.6 Å². The molecule has 0 aliphatic rings. The maximum Gasteiger partial charge on any atom is 0.328 e. The summed E-state index contributed by atoms with van der Waals surface area (Å²) in [7, 11) is 0. The molecule has 0 spiro atoms. The minimum atomic E-state index is -0.868. The Morgan fingerprint density at radius 1 is 0.589 bits per heavy atom. The van der Waals surface area contributed by atoms with Crippen molar-refractivity contribution in [3.05, 3.63) is 137 Å². The Hall–Kier alpha value is -4.91. The van der Waals surface area contributed by atoms with Crippen LogP contribution in [0.1, 0.15) is 127 Å². The van der Waals surface area contributed by atoms with Crippen molar-refractivity contribution in [2.45, 2.75) is 122 Å². The maximum absolute atomic E-state index is 13.4. The lowest BCUT2D eigenvalue weighted by molar-refractivity contribution is -0.148. The van der Waals surface area contributed by atoms with Crippen molar-refractivity contribution in [1.29, 1.82) is 0 Å². The van der Waals surface area contributed by atoms with Gasteiger partial charge >= 0.3 is 5.97 Å². The van der Waals surface area contributed by atoms with Crippen LogP contribution in [0.5, 0.6) is 5.75 Å². The number of benzene rings is 4. The maximum atomic E-state index is 13.4. The van der Waals surface area contributed by atoms with Crippen LogP contribution in [0.4, 0.5) is 0 Å². The molecule has 4 aromatic carbocycles. The minimum absolute atomic E-state index is 0.0716. The Balaban J connectivity index is 1.15. The van der Waals surface area contributed by atoms with Gasteiger partial charge in [-0.25, -0.2) is 4.79 Å². The lowest BCUT2D eigenvalue weighted by atomic mass is 9.80. The number of esters is 1. The molecule has 0 aromatic heterocycles. The van der Waals surface area contributed by atoms with Crippen LogP contribution in [0.15, 0.2) is 109 Å². The van der Waals surface area contributed by atoms with Gasteiger partial charge in [0.1, 0.15) is 11.8 Å². The number of hydrogen-bond acceptors (Lipinski definition) is 5. The summed E-state index contributed by atoms with van der Waals surface area (Å²) in [4.78, 5) is 39.8. The normalized spacial score (nSPS) is 12.2. The summed E-state index contributed by atoms with van der Waals surface area (Å²) in [5, 5.41) is 5.61. The zero-order chi connectivity index (χ0) is 40.4. The van der Waals surface area contributed by atoms with Crippen LogP contribution >= 0.6 is 0 Å². The number of nitrogens with one attached hydrogen (secondary N) is 2. The van der Waals surface area contributed by atoms with Crippen molar-refractivity contribution in [3.63, 3.8) is 0 Å². The van der Waals surface area contributed by atoms with E-state index in [9.17, 15) is 14.4 Å². The van der Waals surface area contributed by atoms with E-state index in [0.29, 0.717) is 13.0 Å². The molecule has 0 aliphatic carbocycles. The molecule has 0 unspecified atom stereocenters. The number of ether oxygens (including phenoxy) is 2. The van der Waals surface area contributed by atoms with Crippen molar-refractivity contribution in [2.75, 3.05) is 19.8 Å². The molecule has 7 nitrogen and oxygen atoms in total. The van der Waals surface area contributed by atoms with Gasteiger partial charge < -0.3 is 20.1 Å². The monoisotopic (exact) mass is 760 g/mol. The highest BCUT2D eigenvalue weighted by Crippen LogP contribution is 2.33. The highest BCUT2D eigenvalue weighted by molar-refractivity contribution is 5.92. The summed E-state index contributed by atoms with van der Waals surface area (Å²) in [5.74, 6) is -0.813. The van der Waals surface area contributed by atoms with Crippen molar-refractivity contribution in [3.8, 4) is 5.75 Å². The van der Waals surface area contributed by atoms with Crippen LogP contribution < -0.4 is 15.4 Å².